The van der Waals surface area contributed by atoms with Gasteiger partial charge in [-0.25, -0.2) is 0 Å². The van der Waals surface area contributed by atoms with E-state index in [1.165, 1.54) is 12.8 Å². The van der Waals surface area contributed by atoms with Crippen LogP contribution in [-0.4, -0.2) is 31.1 Å². The maximum atomic E-state index is 11.8. The van der Waals surface area contributed by atoms with Gasteiger partial charge in [-0.05, 0) is 24.3 Å². The summed E-state index contributed by atoms with van der Waals surface area (Å²) in [6, 6.07) is 9.99. The minimum absolute atomic E-state index is 0.0505. The molecule has 0 saturated heterocycles. The number of likely N-dealkylation sites (N-methyl/N-ethyl adjacent to an activating group) is 1. The summed E-state index contributed by atoms with van der Waals surface area (Å²) < 4.78 is 5.39. The molecule has 92 valence electrons. The monoisotopic (exact) mass is 233 g/mol. The van der Waals surface area contributed by atoms with Crippen molar-refractivity contribution < 1.29 is 9.53 Å². The van der Waals surface area contributed by atoms with Crippen molar-refractivity contribution in [3.63, 3.8) is 0 Å². The molecule has 2 rings (SSSR count). The first-order valence-electron chi connectivity index (χ1n) is 6.11. The van der Waals surface area contributed by atoms with E-state index >= 15 is 0 Å². The molecular weight excluding hydrogens is 214 g/mol. The molecule has 3 heteroatoms. The van der Waals surface area contributed by atoms with Gasteiger partial charge in [-0.1, -0.05) is 30.3 Å². The summed E-state index contributed by atoms with van der Waals surface area (Å²) in [6.45, 7) is 1.59. The van der Waals surface area contributed by atoms with Gasteiger partial charge in [0.1, 0.15) is 6.61 Å². The van der Waals surface area contributed by atoms with Gasteiger partial charge in [-0.2, -0.15) is 0 Å². The molecular formula is C14H19NO2. The predicted molar refractivity (Wildman–Crippen MR) is 66.5 cm³/mol. The van der Waals surface area contributed by atoms with Crippen LogP contribution in [0, 0.1) is 5.92 Å². The fourth-order valence-electron chi connectivity index (χ4n) is 1.65. The second-order valence-corrected chi connectivity index (χ2v) is 4.69. The lowest BCUT2D eigenvalue weighted by molar-refractivity contribution is -0.135. The van der Waals surface area contributed by atoms with E-state index in [1.54, 1.807) is 4.90 Å². The van der Waals surface area contributed by atoms with Gasteiger partial charge in [-0.15, -0.1) is 0 Å². The highest BCUT2D eigenvalue weighted by Gasteiger charge is 2.21. The topological polar surface area (TPSA) is 29.5 Å². The molecule has 0 spiro atoms. The van der Waals surface area contributed by atoms with Crippen LogP contribution < -0.4 is 0 Å². The Labute approximate surface area is 102 Å². The minimum Gasteiger partial charge on any atom is -0.371 e. The Kier molecular flexibility index (Phi) is 4.15. The maximum absolute atomic E-state index is 11.8. The Morgan fingerprint density at radius 3 is 2.71 bits per heavy atom. The van der Waals surface area contributed by atoms with Gasteiger partial charge >= 0.3 is 0 Å². The molecule has 1 amide bonds. The summed E-state index contributed by atoms with van der Waals surface area (Å²) in [5, 5.41) is 0. The molecule has 0 radical (unpaired) electrons. The van der Waals surface area contributed by atoms with Gasteiger partial charge in [0.15, 0.2) is 0 Å². The highest BCUT2D eigenvalue weighted by atomic mass is 16.5. The molecule has 17 heavy (non-hydrogen) atoms. The van der Waals surface area contributed by atoms with Crippen molar-refractivity contribution in [2.24, 2.45) is 5.92 Å². The lowest BCUT2D eigenvalue weighted by atomic mass is 10.2. The number of amides is 1. The normalized spacial score (nSPS) is 14.6. The van der Waals surface area contributed by atoms with Gasteiger partial charge in [0.05, 0.1) is 6.61 Å². The Bertz CT molecular complexity index is 360. The maximum Gasteiger partial charge on any atom is 0.248 e. The molecule has 3 nitrogen and oxygen atoms in total. The fourth-order valence-corrected chi connectivity index (χ4v) is 1.65. The van der Waals surface area contributed by atoms with Crippen LogP contribution in [0.3, 0.4) is 0 Å². The number of nitrogens with zero attached hydrogens (tertiary/aromatic N) is 1. The molecule has 0 N–H and O–H groups in total. The molecule has 0 aromatic heterocycles. The molecule has 0 atom stereocenters. The summed E-state index contributed by atoms with van der Waals surface area (Å²) in [6.07, 6.45) is 2.52. The van der Waals surface area contributed by atoms with Crippen molar-refractivity contribution in [3.8, 4) is 0 Å². The number of rotatable bonds is 6. The molecule has 0 bridgehead atoms. The van der Waals surface area contributed by atoms with E-state index in [1.807, 2.05) is 37.4 Å². The molecule has 0 aliphatic heterocycles. The molecule has 1 aromatic carbocycles. The first kappa shape index (κ1) is 12.1. The molecule has 1 fully saturated rings. The fraction of sp³-hybridized carbons (Fsp3) is 0.500. The van der Waals surface area contributed by atoms with Crippen LogP contribution in [0.15, 0.2) is 30.3 Å². The third-order valence-corrected chi connectivity index (χ3v) is 2.96. The van der Waals surface area contributed by atoms with Crippen LogP contribution in [-0.2, 0) is 16.1 Å². The van der Waals surface area contributed by atoms with Crippen LogP contribution in [0.1, 0.15) is 18.4 Å². The molecule has 0 unspecified atom stereocenters. The summed E-state index contributed by atoms with van der Waals surface area (Å²) in [5.41, 5.74) is 1.14. The number of carbonyl (C=O) groups excluding carboxylic acids is 1. The molecule has 1 aliphatic carbocycles. The van der Waals surface area contributed by atoms with E-state index in [9.17, 15) is 4.79 Å². The number of ether oxygens (including phenoxy) is 1. The lowest BCUT2D eigenvalue weighted by Gasteiger charge is -2.17. The summed E-state index contributed by atoms with van der Waals surface area (Å²) in [4.78, 5) is 13.5. The van der Waals surface area contributed by atoms with Crippen molar-refractivity contribution in [1.82, 2.24) is 4.90 Å². The third-order valence-electron chi connectivity index (χ3n) is 2.96. The Hall–Kier alpha value is -1.35. The molecule has 0 heterocycles. The SMILES string of the molecule is CN(Cc1ccccc1)C(=O)COCC1CC1. The Morgan fingerprint density at radius 2 is 2.06 bits per heavy atom. The van der Waals surface area contributed by atoms with Crippen molar-refractivity contribution >= 4 is 5.91 Å². The zero-order valence-electron chi connectivity index (χ0n) is 10.3. The van der Waals surface area contributed by atoms with Crippen LogP contribution in [0.4, 0.5) is 0 Å². The third kappa shape index (κ3) is 4.19. The Balaban J connectivity index is 1.70. The first-order chi connectivity index (χ1) is 8.25. The summed E-state index contributed by atoms with van der Waals surface area (Å²) >= 11 is 0. The van der Waals surface area contributed by atoms with E-state index in [2.05, 4.69) is 0 Å². The highest BCUT2D eigenvalue weighted by Crippen LogP contribution is 2.28. The number of hydrogen-bond acceptors (Lipinski definition) is 2. The number of hydrogen-bond donors (Lipinski definition) is 0. The van der Waals surface area contributed by atoms with Gasteiger partial charge in [0.25, 0.3) is 0 Å². The molecule has 1 aromatic rings. The smallest absolute Gasteiger partial charge is 0.248 e. The average molecular weight is 233 g/mol. The van der Waals surface area contributed by atoms with E-state index in [0.29, 0.717) is 12.5 Å². The van der Waals surface area contributed by atoms with Crippen molar-refractivity contribution in [3.05, 3.63) is 35.9 Å². The Morgan fingerprint density at radius 1 is 1.35 bits per heavy atom. The largest absolute Gasteiger partial charge is 0.371 e. The number of benzene rings is 1. The predicted octanol–water partition coefficient (Wildman–Crippen LogP) is 2.07. The van der Waals surface area contributed by atoms with Crippen LogP contribution in [0.5, 0.6) is 0 Å². The minimum atomic E-state index is 0.0505. The van der Waals surface area contributed by atoms with E-state index in [-0.39, 0.29) is 12.5 Å². The molecule has 1 saturated carbocycles. The standard InChI is InChI=1S/C14H19NO2/c1-15(9-12-5-3-2-4-6-12)14(16)11-17-10-13-7-8-13/h2-6,13H,7-11H2,1H3. The van der Waals surface area contributed by atoms with Gasteiger partial charge in [0.2, 0.25) is 5.91 Å². The van der Waals surface area contributed by atoms with E-state index in [4.69, 9.17) is 4.74 Å². The summed E-state index contributed by atoms with van der Waals surface area (Å²) in [5.74, 6) is 0.761. The van der Waals surface area contributed by atoms with Crippen molar-refractivity contribution in [1.29, 1.82) is 0 Å². The molecule has 1 aliphatic rings. The van der Waals surface area contributed by atoms with Gasteiger partial charge in [-0.3, -0.25) is 4.79 Å². The van der Waals surface area contributed by atoms with Crippen LogP contribution >= 0.6 is 0 Å². The zero-order chi connectivity index (χ0) is 12.1. The quantitative estimate of drug-likeness (QED) is 0.752. The average Bonchev–Trinajstić information content (AvgIpc) is 3.14. The summed E-state index contributed by atoms with van der Waals surface area (Å²) in [7, 11) is 1.82. The van der Waals surface area contributed by atoms with Crippen LogP contribution in [0.2, 0.25) is 0 Å². The second kappa shape index (κ2) is 5.82. The van der Waals surface area contributed by atoms with E-state index in [0.717, 1.165) is 12.2 Å². The van der Waals surface area contributed by atoms with Gasteiger partial charge < -0.3 is 9.64 Å². The highest BCUT2D eigenvalue weighted by molar-refractivity contribution is 5.77. The van der Waals surface area contributed by atoms with Gasteiger partial charge in [0, 0.05) is 13.6 Å². The first-order valence-corrected chi connectivity index (χ1v) is 6.11. The van der Waals surface area contributed by atoms with E-state index < -0.39 is 0 Å². The zero-order valence-corrected chi connectivity index (χ0v) is 10.3. The van der Waals surface area contributed by atoms with Crippen molar-refractivity contribution in [2.75, 3.05) is 20.3 Å². The second-order valence-electron chi connectivity index (χ2n) is 4.69. The van der Waals surface area contributed by atoms with Crippen molar-refractivity contribution in [2.45, 2.75) is 19.4 Å². The van der Waals surface area contributed by atoms with Crippen LogP contribution in [0.25, 0.3) is 0 Å². The lowest BCUT2D eigenvalue weighted by Crippen LogP contribution is -2.30. The number of carbonyl (C=O) groups is 1.